The van der Waals surface area contributed by atoms with Gasteiger partial charge in [-0.1, -0.05) is 57.7 Å². The van der Waals surface area contributed by atoms with Gasteiger partial charge < -0.3 is 9.47 Å². The molecule has 28 heavy (non-hydrogen) atoms. The van der Waals surface area contributed by atoms with Gasteiger partial charge in [0.15, 0.2) is 5.79 Å². The van der Waals surface area contributed by atoms with Gasteiger partial charge in [0, 0.05) is 18.3 Å². The number of rotatable bonds is 1. The number of hydrogen-bond acceptors (Lipinski definition) is 5. The maximum absolute atomic E-state index is 6.34. The molecule has 0 amide bonds. The summed E-state index contributed by atoms with van der Waals surface area (Å²) in [6, 6.07) is 0. The lowest BCUT2D eigenvalue weighted by molar-refractivity contribution is -0.312. The van der Waals surface area contributed by atoms with Gasteiger partial charge in [-0.25, -0.2) is 0 Å². The van der Waals surface area contributed by atoms with Crippen LogP contribution in [0, 0.1) is 17.3 Å². The highest BCUT2D eigenvalue weighted by molar-refractivity contribution is 8.02. The van der Waals surface area contributed by atoms with E-state index in [0.717, 1.165) is 50.7 Å². The lowest BCUT2D eigenvalue weighted by Crippen LogP contribution is -2.53. The van der Waals surface area contributed by atoms with Crippen molar-refractivity contribution in [2.75, 3.05) is 13.2 Å². The Morgan fingerprint density at radius 3 is 2.07 bits per heavy atom. The van der Waals surface area contributed by atoms with Gasteiger partial charge >= 0.3 is 0 Å². The van der Waals surface area contributed by atoms with Crippen LogP contribution in [0.3, 0.4) is 0 Å². The maximum atomic E-state index is 6.34. The zero-order chi connectivity index (χ0) is 19.3. The summed E-state index contributed by atoms with van der Waals surface area (Å²) < 4.78 is 12.7. The minimum atomic E-state index is -0.412. The van der Waals surface area contributed by atoms with E-state index < -0.39 is 5.79 Å². The van der Waals surface area contributed by atoms with E-state index in [1.54, 1.807) is 0 Å². The molecule has 5 heteroatoms. The van der Waals surface area contributed by atoms with Crippen molar-refractivity contribution in [1.29, 1.82) is 0 Å². The van der Waals surface area contributed by atoms with E-state index in [-0.39, 0.29) is 15.2 Å². The van der Waals surface area contributed by atoms with Crippen molar-refractivity contribution >= 4 is 11.8 Å². The third-order valence-corrected chi connectivity index (χ3v) is 9.72. The standard InChI is InChI=1S/C23H38N2O2S/c1-20(2)16-26-23(27-17-20)12-6-11-22(15-23)25-24-21(28-22)13-9-19(10-14-21)18-7-4-3-5-8-18/h18-19H,3-17H2,1-2H3. The van der Waals surface area contributed by atoms with Crippen molar-refractivity contribution in [3.05, 3.63) is 0 Å². The quantitative estimate of drug-likeness (QED) is 0.487. The topological polar surface area (TPSA) is 43.2 Å². The van der Waals surface area contributed by atoms with Crippen molar-refractivity contribution < 1.29 is 9.47 Å². The molecule has 1 unspecified atom stereocenters. The molecule has 2 heterocycles. The van der Waals surface area contributed by atoms with Crippen molar-refractivity contribution in [3.63, 3.8) is 0 Å². The molecule has 1 atom stereocenters. The zero-order valence-electron chi connectivity index (χ0n) is 17.9. The normalized spacial score (nSPS) is 37.8. The van der Waals surface area contributed by atoms with Crippen LogP contribution >= 0.6 is 11.8 Å². The minimum absolute atomic E-state index is 0.0532. The Morgan fingerprint density at radius 1 is 0.714 bits per heavy atom. The average molecular weight is 407 g/mol. The Hall–Kier alpha value is -0.130. The monoisotopic (exact) mass is 406 g/mol. The van der Waals surface area contributed by atoms with Gasteiger partial charge in [0.25, 0.3) is 0 Å². The van der Waals surface area contributed by atoms with Gasteiger partial charge in [0.1, 0.15) is 9.74 Å². The summed E-state index contributed by atoms with van der Waals surface area (Å²) in [7, 11) is 0. The highest BCUT2D eigenvalue weighted by Gasteiger charge is 2.57. The van der Waals surface area contributed by atoms with E-state index in [1.807, 2.05) is 0 Å². The largest absolute Gasteiger partial charge is 0.349 e. The molecule has 0 aromatic carbocycles. The van der Waals surface area contributed by atoms with Crippen molar-refractivity contribution in [2.24, 2.45) is 27.5 Å². The summed E-state index contributed by atoms with van der Waals surface area (Å²) in [5.74, 6) is 1.53. The minimum Gasteiger partial charge on any atom is -0.349 e. The number of thioether (sulfide) groups is 1. The highest BCUT2D eigenvalue weighted by Crippen LogP contribution is 2.61. The molecule has 0 aromatic rings. The van der Waals surface area contributed by atoms with Crippen LogP contribution in [0.5, 0.6) is 0 Å². The molecule has 0 N–H and O–H groups in total. The average Bonchev–Trinajstić information content (AvgIpc) is 3.03. The first-order chi connectivity index (χ1) is 13.4. The maximum Gasteiger partial charge on any atom is 0.171 e. The summed E-state index contributed by atoms with van der Waals surface area (Å²) >= 11 is 2.08. The Balaban J connectivity index is 1.22. The SMILES string of the molecule is CC1(C)COC2(CCCC3(C2)N=NC2(CCC(C4CCCCC4)CC2)S3)OC1. The van der Waals surface area contributed by atoms with Crippen molar-refractivity contribution in [3.8, 4) is 0 Å². The molecule has 4 nitrogen and oxygen atoms in total. The van der Waals surface area contributed by atoms with Crippen LogP contribution in [0.2, 0.25) is 0 Å². The Bertz CT molecular complexity index is 598. The number of ether oxygens (including phenoxy) is 2. The number of nitrogens with zero attached hydrogens (tertiary/aromatic N) is 2. The molecule has 3 saturated carbocycles. The predicted octanol–water partition coefficient (Wildman–Crippen LogP) is 6.69. The van der Waals surface area contributed by atoms with Gasteiger partial charge in [0.05, 0.1) is 13.2 Å². The van der Waals surface area contributed by atoms with Gasteiger partial charge in [-0.05, 0) is 50.4 Å². The summed E-state index contributed by atoms with van der Waals surface area (Å²) in [5.41, 5.74) is 0.124. The lowest BCUT2D eigenvalue weighted by Gasteiger charge is -2.49. The van der Waals surface area contributed by atoms with Gasteiger partial charge in [0.2, 0.25) is 0 Å². The summed E-state index contributed by atoms with van der Waals surface area (Å²) in [6.07, 6.45) is 16.7. The van der Waals surface area contributed by atoms with Crippen LogP contribution < -0.4 is 0 Å². The van der Waals surface area contributed by atoms with Gasteiger partial charge in [-0.15, -0.1) is 0 Å². The van der Waals surface area contributed by atoms with Crippen LogP contribution in [-0.4, -0.2) is 28.7 Å². The number of hydrogen-bond donors (Lipinski definition) is 0. The Kier molecular flexibility index (Phi) is 5.12. The van der Waals surface area contributed by atoms with E-state index in [2.05, 4.69) is 25.6 Å². The first-order valence-electron chi connectivity index (χ1n) is 11.8. The van der Waals surface area contributed by atoms with E-state index in [4.69, 9.17) is 19.7 Å². The smallest absolute Gasteiger partial charge is 0.171 e. The lowest BCUT2D eigenvalue weighted by atomic mass is 9.72. The fraction of sp³-hybridized carbons (Fsp3) is 1.00. The van der Waals surface area contributed by atoms with Crippen LogP contribution in [0.25, 0.3) is 0 Å². The van der Waals surface area contributed by atoms with Gasteiger partial charge in [-0.2, -0.15) is 10.2 Å². The second kappa shape index (κ2) is 7.23. The van der Waals surface area contributed by atoms with Gasteiger partial charge in [-0.3, -0.25) is 0 Å². The molecular formula is C23H38N2O2S. The molecule has 1 saturated heterocycles. The fourth-order valence-corrected chi connectivity index (χ4v) is 8.18. The first-order valence-corrected chi connectivity index (χ1v) is 12.7. The third kappa shape index (κ3) is 3.80. The van der Waals surface area contributed by atoms with Crippen molar-refractivity contribution in [2.45, 2.75) is 113 Å². The molecular weight excluding hydrogens is 368 g/mol. The van der Waals surface area contributed by atoms with Crippen LogP contribution in [-0.2, 0) is 9.47 Å². The van der Waals surface area contributed by atoms with Crippen LogP contribution in [0.1, 0.15) is 97.3 Å². The van der Waals surface area contributed by atoms with E-state index in [0.29, 0.717) is 0 Å². The number of azo groups is 1. The molecule has 3 spiro atoms. The molecule has 2 aliphatic heterocycles. The molecule has 0 aromatic heterocycles. The highest BCUT2D eigenvalue weighted by atomic mass is 32.2. The second-order valence-corrected chi connectivity index (χ2v) is 12.8. The zero-order valence-corrected chi connectivity index (χ0v) is 18.7. The van der Waals surface area contributed by atoms with Crippen LogP contribution in [0.4, 0.5) is 0 Å². The summed E-state index contributed by atoms with van der Waals surface area (Å²) in [6.45, 7) is 6.03. The predicted molar refractivity (Wildman–Crippen MR) is 113 cm³/mol. The van der Waals surface area contributed by atoms with E-state index in [1.165, 1.54) is 57.8 Å². The first kappa shape index (κ1) is 19.8. The molecule has 5 rings (SSSR count). The summed E-state index contributed by atoms with van der Waals surface area (Å²) in [4.78, 5) is -0.0466. The molecule has 0 bridgehead atoms. The molecule has 0 radical (unpaired) electrons. The third-order valence-electron chi connectivity index (χ3n) is 8.05. The Labute approximate surface area is 175 Å². The van der Waals surface area contributed by atoms with E-state index in [9.17, 15) is 0 Å². The Morgan fingerprint density at radius 2 is 1.36 bits per heavy atom. The fourth-order valence-electron chi connectivity index (χ4n) is 6.33. The van der Waals surface area contributed by atoms with E-state index >= 15 is 0 Å². The molecule has 5 aliphatic rings. The molecule has 158 valence electrons. The summed E-state index contributed by atoms with van der Waals surface area (Å²) in [5, 5.41) is 9.92. The second-order valence-electron chi connectivity index (χ2n) is 11.1. The van der Waals surface area contributed by atoms with Crippen LogP contribution in [0.15, 0.2) is 10.2 Å². The van der Waals surface area contributed by atoms with Crippen molar-refractivity contribution in [1.82, 2.24) is 0 Å². The molecule has 3 aliphatic carbocycles. The molecule has 4 fully saturated rings.